The molecule has 0 N–H and O–H groups in total. The smallest absolute Gasteiger partial charge is 0.0541 e. The highest BCUT2D eigenvalue weighted by Gasteiger charge is 2.19. The Balaban J connectivity index is 1.26. The van der Waals surface area contributed by atoms with Gasteiger partial charge in [-0.05, 0) is 81.7 Å². The summed E-state index contributed by atoms with van der Waals surface area (Å²) in [5.74, 6) is 0. The molecule has 1 heterocycles. The number of rotatable bonds is 5. The van der Waals surface area contributed by atoms with E-state index in [-0.39, 0.29) is 0 Å². The van der Waals surface area contributed by atoms with Crippen LogP contribution in [-0.2, 0) is 0 Å². The SMILES string of the molecule is c1ccc(-c2ccccc2N(c2ccc(-n3c4ccccc4c4ccccc43)cc2)c2ccc3ccc4ccccc4c3c2)cc1. The first-order valence-corrected chi connectivity index (χ1v) is 15.8. The van der Waals surface area contributed by atoms with Gasteiger partial charge in [0.05, 0.1) is 16.7 Å². The fourth-order valence-electron chi connectivity index (χ4n) is 7.04. The van der Waals surface area contributed by atoms with Gasteiger partial charge in [0.2, 0.25) is 0 Å². The quantitative estimate of drug-likeness (QED) is 0.182. The van der Waals surface area contributed by atoms with Crippen molar-refractivity contribution in [1.82, 2.24) is 4.57 Å². The molecule has 0 amide bonds. The molecule has 9 rings (SSSR count). The predicted molar refractivity (Wildman–Crippen MR) is 196 cm³/mol. The summed E-state index contributed by atoms with van der Waals surface area (Å²) in [5, 5.41) is 7.53. The van der Waals surface area contributed by atoms with E-state index < -0.39 is 0 Å². The number of hydrogen-bond acceptors (Lipinski definition) is 1. The van der Waals surface area contributed by atoms with E-state index in [1.54, 1.807) is 0 Å². The summed E-state index contributed by atoms with van der Waals surface area (Å²) in [5.41, 5.74) is 9.31. The van der Waals surface area contributed by atoms with Gasteiger partial charge < -0.3 is 9.47 Å². The molecule has 0 aliphatic carbocycles. The van der Waals surface area contributed by atoms with Crippen molar-refractivity contribution in [2.45, 2.75) is 0 Å². The van der Waals surface area contributed by atoms with Gasteiger partial charge in [-0.15, -0.1) is 0 Å². The van der Waals surface area contributed by atoms with Crippen molar-refractivity contribution in [3.05, 3.63) is 182 Å². The second-order valence-corrected chi connectivity index (χ2v) is 11.8. The van der Waals surface area contributed by atoms with Crippen LogP contribution in [0.4, 0.5) is 17.1 Å². The molecule has 46 heavy (non-hydrogen) atoms. The third-order valence-corrected chi connectivity index (χ3v) is 9.16. The minimum atomic E-state index is 1.10. The minimum absolute atomic E-state index is 1.10. The van der Waals surface area contributed by atoms with Crippen molar-refractivity contribution in [3.8, 4) is 16.8 Å². The third-order valence-electron chi connectivity index (χ3n) is 9.16. The summed E-state index contributed by atoms with van der Waals surface area (Å²) in [6.07, 6.45) is 0. The highest BCUT2D eigenvalue weighted by molar-refractivity contribution is 6.10. The van der Waals surface area contributed by atoms with Gasteiger partial charge >= 0.3 is 0 Å². The number of benzene rings is 8. The van der Waals surface area contributed by atoms with E-state index in [1.165, 1.54) is 54.5 Å². The summed E-state index contributed by atoms with van der Waals surface area (Å²) >= 11 is 0. The normalized spacial score (nSPS) is 11.5. The molecule has 0 bridgehead atoms. The lowest BCUT2D eigenvalue weighted by Gasteiger charge is -2.28. The molecule has 0 aliphatic heterocycles. The first-order valence-electron chi connectivity index (χ1n) is 15.8. The van der Waals surface area contributed by atoms with Crippen molar-refractivity contribution in [1.29, 1.82) is 0 Å². The van der Waals surface area contributed by atoms with E-state index in [4.69, 9.17) is 0 Å². The number of nitrogens with zero attached hydrogens (tertiary/aromatic N) is 2. The Morgan fingerprint density at radius 3 is 1.65 bits per heavy atom. The van der Waals surface area contributed by atoms with Crippen molar-refractivity contribution in [2.24, 2.45) is 0 Å². The van der Waals surface area contributed by atoms with Crippen molar-refractivity contribution >= 4 is 60.4 Å². The number of para-hydroxylation sites is 3. The molecule has 0 unspecified atom stereocenters. The van der Waals surface area contributed by atoms with Gasteiger partial charge in [0.15, 0.2) is 0 Å². The Kier molecular flexibility index (Phi) is 6.17. The van der Waals surface area contributed by atoms with Gasteiger partial charge in [-0.3, -0.25) is 0 Å². The van der Waals surface area contributed by atoms with Crippen LogP contribution >= 0.6 is 0 Å². The highest BCUT2D eigenvalue weighted by Crippen LogP contribution is 2.43. The van der Waals surface area contributed by atoms with Gasteiger partial charge in [-0.25, -0.2) is 0 Å². The fraction of sp³-hybridized carbons (Fsp3) is 0. The second-order valence-electron chi connectivity index (χ2n) is 11.8. The van der Waals surface area contributed by atoms with Crippen molar-refractivity contribution < 1.29 is 0 Å². The van der Waals surface area contributed by atoms with Crippen LogP contribution in [0, 0.1) is 0 Å². The monoisotopic (exact) mass is 586 g/mol. The van der Waals surface area contributed by atoms with E-state index in [0.717, 1.165) is 22.7 Å². The lowest BCUT2D eigenvalue weighted by molar-refractivity contribution is 1.17. The van der Waals surface area contributed by atoms with Gasteiger partial charge in [0.25, 0.3) is 0 Å². The minimum Gasteiger partial charge on any atom is -0.310 e. The Morgan fingerprint density at radius 2 is 0.913 bits per heavy atom. The van der Waals surface area contributed by atoms with Crippen LogP contribution in [0.2, 0.25) is 0 Å². The molecule has 8 aromatic carbocycles. The van der Waals surface area contributed by atoms with E-state index in [1.807, 2.05) is 0 Å². The Morgan fingerprint density at radius 1 is 0.370 bits per heavy atom. The summed E-state index contributed by atoms with van der Waals surface area (Å²) in [6, 6.07) is 65.7. The molecule has 216 valence electrons. The molecule has 0 saturated heterocycles. The molecule has 9 aromatic rings. The molecule has 2 nitrogen and oxygen atoms in total. The molecular formula is C44H30N2. The van der Waals surface area contributed by atoms with Crippen LogP contribution in [0.5, 0.6) is 0 Å². The zero-order valence-corrected chi connectivity index (χ0v) is 25.2. The van der Waals surface area contributed by atoms with Crippen molar-refractivity contribution in [2.75, 3.05) is 4.90 Å². The first kappa shape index (κ1) is 26.3. The molecule has 0 fully saturated rings. The Bertz CT molecular complexity index is 2470. The standard InChI is InChI=1S/C44H30N2/c1-2-12-31(13-3-1)38-16-6-9-19-42(38)45(36-25-24-33-23-22-32-14-4-5-15-37(32)41(33)30-36)34-26-28-35(29-27-34)46-43-20-10-7-17-39(43)40-18-8-11-21-44(40)46/h1-30H. The molecule has 2 heteroatoms. The zero-order valence-electron chi connectivity index (χ0n) is 25.2. The lowest BCUT2D eigenvalue weighted by atomic mass is 9.99. The largest absolute Gasteiger partial charge is 0.310 e. The number of fused-ring (bicyclic) bond motifs is 6. The Labute approximate surface area is 268 Å². The maximum atomic E-state index is 2.40. The lowest BCUT2D eigenvalue weighted by Crippen LogP contribution is -2.11. The summed E-state index contributed by atoms with van der Waals surface area (Å²) in [6.45, 7) is 0. The second kappa shape index (κ2) is 10.8. The molecule has 0 saturated carbocycles. The van der Waals surface area contributed by atoms with Gasteiger partial charge in [0, 0.05) is 33.4 Å². The number of anilines is 3. The molecule has 0 aliphatic rings. The highest BCUT2D eigenvalue weighted by atomic mass is 15.1. The van der Waals surface area contributed by atoms with Crippen LogP contribution in [0.3, 0.4) is 0 Å². The van der Waals surface area contributed by atoms with Gasteiger partial charge in [-0.2, -0.15) is 0 Å². The zero-order chi connectivity index (χ0) is 30.5. The molecule has 0 spiro atoms. The maximum Gasteiger partial charge on any atom is 0.0541 e. The van der Waals surface area contributed by atoms with Crippen LogP contribution in [0.1, 0.15) is 0 Å². The van der Waals surface area contributed by atoms with Gasteiger partial charge in [-0.1, -0.05) is 127 Å². The summed E-state index contributed by atoms with van der Waals surface area (Å²) < 4.78 is 2.37. The maximum absolute atomic E-state index is 2.40. The molecule has 1 aromatic heterocycles. The van der Waals surface area contributed by atoms with Crippen LogP contribution in [0.25, 0.3) is 60.2 Å². The van der Waals surface area contributed by atoms with Crippen molar-refractivity contribution in [3.63, 3.8) is 0 Å². The summed E-state index contributed by atoms with van der Waals surface area (Å²) in [4.78, 5) is 2.40. The average molecular weight is 587 g/mol. The van der Waals surface area contributed by atoms with Crippen LogP contribution in [0.15, 0.2) is 182 Å². The van der Waals surface area contributed by atoms with E-state index >= 15 is 0 Å². The summed E-state index contributed by atoms with van der Waals surface area (Å²) in [7, 11) is 0. The average Bonchev–Trinajstić information content (AvgIpc) is 3.47. The van der Waals surface area contributed by atoms with E-state index in [9.17, 15) is 0 Å². The molecule has 0 radical (unpaired) electrons. The van der Waals surface area contributed by atoms with E-state index in [0.29, 0.717) is 0 Å². The van der Waals surface area contributed by atoms with E-state index in [2.05, 4.69) is 191 Å². The van der Waals surface area contributed by atoms with Gasteiger partial charge in [0.1, 0.15) is 0 Å². The fourth-order valence-corrected chi connectivity index (χ4v) is 7.04. The van der Waals surface area contributed by atoms with Crippen LogP contribution in [-0.4, -0.2) is 4.57 Å². The predicted octanol–water partition coefficient (Wildman–Crippen LogP) is 12.2. The molecular weight excluding hydrogens is 556 g/mol. The third kappa shape index (κ3) is 4.27. The number of hydrogen-bond donors (Lipinski definition) is 0. The number of aromatic nitrogens is 1. The molecule has 0 atom stereocenters. The van der Waals surface area contributed by atoms with Crippen LogP contribution < -0.4 is 4.90 Å². The Hall–Kier alpha value is -6.12. The topological polar surface area (TPSA) is 8.17 Å². The first-order chi connectivity index (χ1) is 22.8.